The Hall–Kier alpha value is -4.50. The van der Waals surface area contributed by atoms with Crippen molar-refractivity contribution in [3.05, 3.63) is 149 Å². The molecule has 0 unspecified atom stereocenters. The Morgan fingerprint density at radius 3 is 2.03 bits per heavy atom. The Labute approximate surface area is 229 Å². The van der Waals surface area contributed by atoms with Gasteiger partial charge in [-0.25, -0.2) is 0 Å². The summed E-state index contributed by atoms with van der Waals surface area (Å²) < 4.78 is 14.6. The number of methoxy groups -OCH3 is 1. The van der Waals surface area contributed by atoms with Crippen molar-refractivity contribution in [2.75, 3.05) is 7.11 Å². The average molecular weight is 510 g/mol. The zero-order valence-corrected chi connectivity index (χ0v) is 22.5. The number of aromatic nitrogens is 1. The first kappa shape index (κ1) is 23.6. The van der Waals surface area contributed by atoms with E-state index in [0.29, 0.717) is 0 Å². The number of benzene rings is 4. The van der Waals surface area contributed by atoms with Gasteiger partial charge in [0.05, 0.1) is 7.11 Å². The van der Waals surface area contributed by atoms with Gasteiger partial charge in [0.1, 0.15) is 17.3 Å². The summed E-state index contributed by atoms with van der Waals surface area (Å²) in [6.45, 7) is 2.14. The van der Waals surface area contributed by atoms with Gasteiger partial charge in [-0.3, -0.25) is 0 Å². The van der Waals surface area contributed by atoms with Crippen molar-refractivity contribution in [2.45, 2.75) is 24.7 Å². The van der Waals surface area contributed by atoms with Crippen molar-refractivity contribution in [3.63, 3.8) is 0 Å². The second-order valence-electron chi connectivity index (χ2n) is 10.6. The second-order valence-corrected chi connectivity index (χ2v) is 10.6. The fraction of sp³-hybridized carbons (Fsp3) is 0.167. The first-order chi connectivity index (χ1) is 19.2. The lowest BCUT2D eigenvalue weighted by molar-refractivity contribution is 0.415. The highest BCUT2D eigenvalue weighted by atomic mass is 16.5. The second kappa shape index (κ2) is 9.36. The van der Waals surface area contributed by atoms with E-state index in [1.54, 1.807) is 7.11 Å². The number of fused-ring (bicyclic) bond motifs is 2. The van der Waals surface area contributed by atoms with Crippen LogP contribution in [0.1, 0.15) is 51.3 Å². The van der Waals surface area contributed by atoms with Gasteiger partial charge >= 0.3 is 0 Å². The molecule has 0 bridgehead atoms. The van der Waals surface area contributed by atoms with E-state index < -0.39 is 0 Å². The Morgan fingerprint density at radius 1 is 0.718 bits per heavy atom. The zero-order valence-electron chi connectivity index (χ0n) is 22.5. The lowest BCUT2D eigenvalue weighted by Crippen LogP contribution is -2.14. The molecule has 39 heavy (non-hydrogen) atoms. The Balaban J connectivity index is 1.58. The summed E-state index contributed by atoms with van der Waals surface area (Å²) in [5.41, 5.74) is 8.89. The molecule has 7 rings (SSSR count). The fourth-order valence-electron chi connectivity index (χ4n) is 6.85. The minimum Gasteiger partial charge on any atom is -0.497 e. The van der Waals surface area contributed by atoms with Gasteiger partial charge in [0.2, 0.25) is 0 Å². The summed E-state index contributed by atoms with van der Waals surface area (Å²) in [5.74, 6) is 3.31. The van der Waals surface area contributed by atoms with E-state index in [-0.39, 0.29) is 17.8 Å². The molecule has 0 saturated heterocycles. The summed E-state index contributed by atoms with van der Waals surface area (Å²) in [4.78, 5) is 0. The highest BCUT2D eigenvalue weighted by molar-refractivity contribution is 5.88. The maximum absolute atomic E-state index is 6.69. The van der Waals surface area contributed by atoms with Crippen molar-refractivity contribution in [2.24, 2.45) is 7.05 Å². The van der Waals surface area contributed by atoms with Crippen LogP contribution < -0.4 is 4.74 Å². The molecule has 3 heteroatoms. The van der Waals surface area contributed by atoms with Crippen molar-refractivity contribution in [3.8, 4) is 17.1 Å². The van der Waals surface area contributed by atoms with E-state index in [1.807, 2.05) is 6.07 Å². The molecule has 0 N–H and O–H groups in total. The fourth-order valence-corrected chi connectivity index (χ4v) is 6.85. The minimum absolute atomic E-state index is 0.0936. The number of nitrogens with zero attached hydrogens (tertiary/aromatic N) is 1. The molecule has 0 fully saturated rings. The van der Waals surface area contributed by atoms with Crippen LogP contribution in [-0.4, -0.2) is 11.7 Å². The highest BCUT2D eigenvalue weighted by Gasteiger charge is 2.48. The number of ether oxygens (including phenoxy) is 1. The lowest BCUT2D eigenvalue weighted by Gasteiger charge is -2.28. The average Bonchev–Trinajstić information content (AvgIpc) is 3.63. The van der Waals surface area contributed by atoms with Gasteiger partial charge in [-0.1, -0.05) is 91.0 Å². The molecule has 1 aliphatic rings. The third kappa shape index (κ3) is 3.72. The molecule has 0 aliphatic heterocycles. The van der Waals surface area contributed by atoms with Gasteiger partial charge in [0.15, 0.2) is 0 Å². The molecule has 0 spiro atoms. The van der Waals surface area contributed by atoms with Crippen LogP contribution in [0.5, 0.6) is 5.75 Å². The minimum atomic E-state index is 0.0936. The molecule has 0 saturated carbocycles. The Kier molecular flexibility index (Phi) is 5.66. The SMILES string of the molecule is COc1ccc2c(c1)c([C@@H]1c3c(-c4ccccc4)oc(C)c3[C@H](c3ccccc3)[C@H]1c1ccccc1)cn2C. The molecule has 192 valence electrons. The maximum atomic E-state index is 6.69. The summed E-state index contributed by atoms with van der Waals surface area (Å²) in [5, 5.41) is 1.22. The molecule has 3 nitrogen and oxygen atoms in total. The molecule has 1 aliphatic carbocycles. The summed E-state index contributed by atoms with van der Waals surface area (Å²) in [6, 6.07) is 38.9. The van der Waals surface area contributed by atoms with E-state index in [4.69, 9.17) is 9.15 Å². The normalized spacial score (nSPS) is 18.4. The van der Waals surface area contributed by atoms with Crippen LogP contribution in [0.4, 0.5) is 0 Å². The van der Waals surface area contributed by atoms with Crippen LogP contribution in [0.15, 0.2) is 120 Å². The van der Waals surface area contributed by atoms with Crippen molar-refractivity contribution >= 4 is 10.9 Å². The third-order valence-corrected chi connectivity index (χ3v) is 8.45. The van der Waals surface area contributed by atoms with Gasteiger partial charge in [-0.05, 0) is 41.8 Å². The van der Waals surface area contributed by atoms with Crippen LogP contribution in [0.25, 0.3) is 22.2 Å². The molecule has 0 amide bonds. The van der Waals surface area contributed by atoms with Crippen LogP contribution in [0.2, 0.25) is 0 Å². The largest absolute Gasteiger partial charge is 0.497 e. The predicted molar refractivity (Wildman–Crippen MR) is 158 cm³/mol. The van der Waals surface area contributed by atoms with Crippen molar-refractivity contribution in [1.29, 1.82) is 0 Å². The first-order valence-corrected chi connectivity index (χ1v) is 13.6. The number of aryl methyl sites for hydroxylation is 2. The molecule has 6 aromatic rings. The van der Waals surface area contributed by atoms with E-state index in [1.165, 1.54) is 38.7 Å². The summed E-state index contributed by atoms with van der Waals surface area (Å²) >= 11 is 0. The van der Waals surface area contributed by atoms with Gasteiger partial charge in [0.25, 0.3) is 0 Å². The number of hydrogen-bond acceptors (Lipinski definition) is 2. The van der Waals surface area contributed by atoms with E-state index in [0.717, 1.165) is 22.8 Å². The van der Waals surface area contributed by atoms with Gasteiger partial charge in [-0.2, -0.15) is 0 Å². The molecule has 2 aromatic heterocycles. The van der Waals surface area contributed by atoms with Crippen LogP contribution in [0.3, 0.4) is 0 Å². The smallest absolute Gasteiger partial charge is 0.138 e. The first-order valence-electron chi connectivity index (χ1n) is 13.6. The van der Waals surface area contributed by atoms with Crippen LogP contribution in [-0.2, 0) is 7.05 Å². The highest BCUT2D eigenvalue weighted by Crippen LogP contribution is 2.62. The molecular formula is C36H31NO2. The molecule has 4 aromatic carbocycles. The molecular weight excluding hydrogens is 478 g/mol. The van der Waals surface area contributed by atoms with E-state index in [2.05, 4.69) is 128 Å². The van der Waals surface area contributed by atoms with Crippen LogP contribution in [0, 0.1) is 6.92 Å². The standard InChI is InChI=1S/C36H31NO2/c1-23-31-32(24-13-7-4-8-14-24)33(25-15-9-5-10-16-25)34(35(31)36(39-23)26-17-11-6-12-18-26)29-22-37(2)30-20-19-27(38-3)21-28(29)30/h4-22,32-34H,1-3H3/t32-,33+,34-/m0/s1. The number of rotatable bonds is 5. The summed E-state index contributed by atoms with van der Waals surface area (Å²) in [6.07, 6.45) is 2.32. The van der Waals surface area contributed by atoms with Crippen molar-refractivity contribution < 1.29 is 9.15 Å². The zero-order chi connectivity index (χ0) is 26.5. The quantitative estimate of drug-likeness (QED) is 0.232. The lowest BCUT2D eigenvalue weighted by atomic mass is 9.75. The van der Waals surface area contributed by atoms with Crippen molar-refractivity contribution in [1.82, 2.24) is 4.57 Å². The maximum Gasteiger partial charge on any atom is 0.138 e. The predicted octanol–water partition coefficient (Wildman–Crippen LogP) is 8.82. The van der Waals surface area contributed by atoms with Gasteiger partial charge in [0, 0.05) is 58.6 Å². The number of furan rings is 1. The van der Waals surface area contributed by atoms with Crippen LogP contribution >= 0.6 is 0 Å². The van der Waals surface area contributed by atoms with E-state index >= 15 is 0 Å². The Morgan fingerprint density at radius 2 is 1.36 bits per heavy atom. The number of hydrogen-bond donors (Lipinski definition) is 0. The summed E-state index contributed by atoms with van der Waals surface area (Å²) in [7, 11) is 3.88. The molecule has 3 atom stereocenters. The van der Waals surface area contributed by atoms with Gasteiger partial charge in [-0.15, -0.1) is 0 Å². The topological polar surface area (TPSA) is 27.3 Å². The monoisotopic (exact) mass is 509 g/mol. The van der Waals surface area contributed by atoms with Gasteiger partial charge < -0.3 is 13.7 Å². The molecule has 2 heterocycles. The molecule has 0 radical (unpaired) electrons. The third-order valence-electron chi connectivity index (χ3n) is 8.45. The Bertz CT molecular complexity index is 1760. The van der Waals surface area contributed by atoms with E-state index in [9.17, 15) is 0 Å².